The molecule has 0 radical (unpaired) electrons. The summed E-state index contributed by atoms with van der Waals surface area (Å²) in [5, 5.41) is 4.61. The Morgan fingerprint density at radius 2 is 0.833 bits per heavy atom. The first-order valence-electron chi connectivity index (χ1n) is 16.3. The second kappa shape index (κ2) is 11.8. The van der Waals surface area contributed by atoms with Gasteiger partial charge in [-0.2, -0.15) is 0 Å². The molecular weight excluding hydrogens is 583 g/mol. The molecule has 0 spiro atoms. The molecular formula is C46H31NO. The fourth-order valence-electron chi connectivity index (χ4n) is 6.88. The van der Waals surface area contributed by atoms with Crippen LogP contribution in [0.3, 0.4) is 0 Å². The predicted molar refractivity (Wildman–Crippen MR) is 202 cm³/mol. The Labute approximate surface area is 279 Å². The Kier molecular flexibility index (Phi) is 6.84. The van der Waals surface area contributed by atoms with E-state index in [0.29, 0.717) is 0 Å². The molecule has 48 heavy (non-hydrogen) atoms. The maximum atomic E-state index is 6.64. The highest BCUT2D eigenvalue weighted by Crippen LogP contribution is 2.41. The second-order valence-corrected chi connectivity index (χ2v) is 12.2. The summed E-state index contributed by atoms with van der Waals surface area (Å²) in [5.74, 6) is 0. The van der Waals surface area contributed by atoms with Crippen molar-refractivity contribution in [1.29, 1.82) is 0 Å². The third kappa shape index (κ3) is 4.92. The van der Waals surface area contributed by atoms with Gasteiger partial charge in [0, 0.05) is 38.8 Å². The highest BCUT2D eigenvalue weighted by molar-refractivity contribution is 6.17. The summed E-state index contributed by atoms with van der Waals surface area (Å²) in [5.41, 5.74) is 12.2. The average molecular weight is 614 g/mol. The number of nitrogens with zero attached hydrogens (tertiary/aromatic N) is 1. The van der Waals surface area contributed by atoms with E-state index in [1.165, 1.54) is 27.6 Å². The van der Waals surface area contributed by atoms with Crippen molar-refractivity contribution in [3.8, 4) is 33.4 Å². The molecule has 2 heteroatoms. The van der Waals surface area contributed by atoms with E-state index < -0.39 is 0 Å². The van der Waals surface area contributed by atoms with Crippen LogP contribution < -0.4 is 4.90 Å². The molecule has 0 saturated carbocycles. The summed E-state index contributed by atoms with van der Waals surface area (Å²) in [6.45, 7) is 0. The van der Waals surface area contributed by atoms with Gasteiger partial charge in [-0.1, -0.05) is 140 Å². The van der Waals surface area contributed by atoms with Crippen molar-refractivity contribution in [2.45, 2.75) is 0 Å². The molecule has 226 valence electrons. The maximum Gasteiger partial charge on any atom is 0.143 e. The molecule has 0 fully saturated rings. The van der Waals surface area contributed by atoms with Gasteiger partial charge >= 0.3 is 0 Å². The first-order valence-corrected chi connectivity index (χ1v) is 16.3. The molecule has 0 amide bonds. The first-order chi connectivity index (χ1) is 23.8. The van der Waals surface area contributed by atoms with E-state index in [4.69, 9.17) is 4.42 Å². The van der Waals surface area contributed by atoms with Crippen LogP contribution in [0.15, 0.2) is 192 Å². The third-order valence-electron chi connectivity index (χ3n) is 9.27. The summed E-state index contributed by atoms with van der Waals surface area (Å²) in [6.07, 6.45) is 0. The fourth-order valence-corrected chi connectivity index (χ4v) is 6.88. The SMILES string of the molecule is c1ccc(-c2cccc(-c3ccc(N(c4ccccc4)c4ccc(-c5cccc6c5oc5c7ccccc7ccc65)cc4)cc3)c2)cc1. The smallest absolute Gasteiger partial charge is 0.143 e. The molecule has 1 heterocycles. The zero-order valence-electron chi connectivity index (χ0n) is 26.3. The predicted octanol–water partition coefficient (Wildman–Crippen LogP) is 13.2. The molecule has 9 aromatic rings. The Morgan fingerprint density at radius 3 is 1.56 bits per heavy atom. The van der Waals surface area contributed by atoms with Crippen molar-refractivity contribution in [1.82, 2.24) is 0 Å². The normalized spacial score (nSPS) is 11.3. The van der Waals surface area contributed by atoms with Crippen molar-refractivity contribution >= 4 is 49.8 Å². The van der Waals surface area contributed by atoms with E-state index in [1.807, 2.05) is 0 Å². The lowest BCUT2D eigenvalue weighted by atomic mass is 9.99. The second-order valence-electron chi connectivity index (χ2n) is 12.2. The zero-order valence-corrected chi connectivity index (χ0v) is 26.3. The van der Waals surface area contributed by atoms with Crippen LogP contribution in [0.1, 0.15) is 0 Å². The Balaban J connectivity index is 1.08. The molecule has 0 saturated heterocycles. The quantitative estimate of drug-likeness (QED) is 0.185. The monoisotopic (exact) mass is 613 g/mol. The zero-order chi connectivity index (χ0) is 31.9. The van der Waals surface area contributed by atoms with Gasteiger partial charge in [-0.25, -0.2) is 0 Å². The lowest BCUT2D eigenvalue weighted by Gasteiger charge is -2.26. The van der Waals surface area contributed by atoms with Gasteiger partial charge in [0.15, 0.2) is 0 Å². The summed E-state index contributed by atoms with van der Waals surface area (Å²) in [7, 11) is 0. The van der Waals surface area contributed by atoms with E-state index >= 15 is 0 Å². The van der Waals surface area contributed by atoms with Crippen molar-refractivity contribution in [2.24, 2.45) is 0 Å². The average Bonchev–Trinajstić information content (AvgIpc) is 3.56. The number of para-hydroxylation sites is 2. The van der Waals surface area contributed by atoms with Crippen molar-refractivity contribution in [3.63, 3.8) is 0 Å². The molecule has 9 rings (SSSR count). The molecule has 0 bridgehead atoms. The number of benzene rings is 8. The van der Waals surface area contributed by atoms with Gasteiger partial charge in [-0.05, 0) is 81.7 Å². The molecule has 0 aliphatic rings. The topological polar surface area (TPSA) is 16.4 Å². The van der Waals surface area contributed by atoms with Crippen LogP contribution in [-0.2, 0) is 0 Å². The van der Waals surface area contributed by atoms with E-state index in [2.05, 4.69) is 193 Å². The fraction of sp³-hybridized carbons (Fsp3) is 0. The number of hydrogen-bond acceptors (Lipinski definition) is 2. The van der Waals surface area contributed by atoms with Gasteiger partial charge in [-0.15, -0.1) is 0 Å². The Hall–Kier alpha value is -6.38. The van der Waals surface area contributed by atoms with Gasteiger partial charge in [0.05, 0.1) is 0 Å². The van der Waals surface area contributed by atoms with Crippen molar-refractivity contribution in [2.75, 3.05) is 4.90 Å². The minimum Gasteiger partial charge on any atom is -0.455 e. The van der Waals surface area contributed by atoms with Gasteiger partial charge in [0.1, 0.15) is 11.2 Å². The molecule has 0 unspecified atom stereocenters. The van der Waals surface area contributed by atoms with Crippen LogP contribution in [0.25, 0.3) is 66.1 Å². The van der Waals surface area contributed by atoms with Gasteiger partial charge in [0.2, 0.25) is 0 Å². The minimum absolute atomic E-state index is 0.920. The number of anilines is 3. The lowest BCUT2D eigenvalue weighted by molar-refractivity contribution is 0.674. The molecule has 0 aliphatic heterocycles. The van der Waals surface area contributed by atoms with Gasteiger partial charge in [-0.3, -0.25) is 0 Å². The van der Waals surface area contributed by atoms with Crippen LogP contribution in [0.5, 0.6) is 0 Å². The molecule has 2 nitrogen and oxygen atoms in total. The third-order valence-corrected chi connectivity index (χ3v) is 9.27. The summed E-state index contributed by atoms with van der Waals surface area (Å²) < 4.78 is 6.64. The summed E-state index contributed by atoms with van der Waals surface area (Å²) in [6, 6.07) is 66.8. The van der Waals surface area contributed by atoms with Gasteiger partial charge < -0.3 is 9.32 Å². The Morgan fingerprint density at radius 1 is 0.312 bits per heavy atom. The molecule has 1 aromatic heterocycles. The van der Waals surface area contributed by atoms with Crippen LogP contribution in [-0.4, -0.2) is 0 Å². The highest BCUT2D eigenvalue weighted by Gasteiger charge is 2.16. The van der Waals surface area contributed by atoms with E-state index in [-0.39, 0.29) is 0 Å². The van der Waals surface area contributed by atoms with Crippen molar-refractivity contribution in [3.05, 3.63) is 188 Å². The molecule has 0 aliphatic carbocycles. The van der Waals surface area contributed by atoms with Crippen LogP contribution in [0, 0.1) is 0 Å². The van der Waals surface area contributed by atoms with Crippen molar-refractivity contribution < 1.29 is 4.42 Å². The van der Waals surface area contributed by atoms with E-state index in [0.717, 1.165) is 55.5 Å². The lowest BCUT2D eigenvalue weighted by Crippen LogP contribution is -2.09. The van der Waals surface area contributed by atoms with E-state index in [1.54, 1.807) is 0 Å². The Bertz CT molecular complexity index is 2530. The number of hydrogen-bond donors (Lipinski definition) is 0. The first kappa shape index (κ1) is 27.9. The number of rotatable bonds is 6. The standard InChI is InChI=1S/C46H31NO/c1-3-11-32(12-4-1)36-14-9-15-37(31-36)33-21-26-39(27-22-33)47(38-16-5-2-6-17-38)40-28-23-35(24-29-40)42-19-10-20-43-44-30-25-34-13-7-8-18-41(34)46(44)48-45(42)43/h1-31H. The maximum absolute atomic E-state index is 6.64. The van der Waals surface area contributed by atoms with Crippen LogP contribution in [0.4, 0.5) is 17.1 Å². The molecule has 0 atom stereocenters. The highest BCUT2D eigenvalue weighted by atomic mass is 16.3. The molecule has 8 aromatic carbocycles. The minimum atomic E-state index is 0.920. The van der Waals surface area contributed by atoms with Crippen LogP contribution in [0.2, 0.25) is 0 Å². The van der Waals surface area contributed by atoms with E-state index in [9.17, 15) is 0 Å². The molecule has 0 N–H and O–H groups in total. The largest absolute Gasteiger partial charge is 0.455 e. The number of fused-ring (bicyclic) bond motifs is 5. The van der Waals surface area contributed by atoms with Gasteiger partial charge in [0.25, 0.3) is 0 Å². The van der Waals surface area contributed by atoms with Crippen LogP contribution >= 0.6 is 0 Å². The summed E-state index contributed by atoms with van der Waals surface area (Å²) >= 11 is 0. The number of furan rings is 1. The summed E-state index contributed by atoms with van der Waals surface area (Å²) in [4.78, 5) is 2.31.